The Bertz CT molecular complexity index is 1090. The highest BCUT2D eigenvalue weighted by Crippen LogP contribution is 2.19. The largest absolute Gasteiger partial charge is 0.370 e. The van der Waals surface area contributed by atoms with Crippen LogP contribution in [0.4, 0.5) is 0 Å². The van der Waals surface area contributed by atoms with Crippen LogP contribution in [0.2, 0.25) is 0 Å². The number of aliphatic imine (C=N–C) groups is 1. The molecule has 0 aliphatic rings. The predicted molar refractivity (Wildman–Crippen MR) is 164 cm³/mol. The van der Waals surface area contributed by atoms with Gasteiger partial charge in [-0.25, -0.2) is 0 Å². The van der Waals surface area contributed by atoms with Crippen molar-refractivity contribution in [2.45, 2.75) is 63.5 Å². The predicted octanol–water partition coefficient (Wildman–Crippen LogP) is 0.903. The van der Waals surface area contributed by atoms with Crippen molar-refractivity contribution in [2.75, 3.05) is 26.2 Å². The molecule has 0 aliphatic heterocycles. The molecular weight excluding hydrogens is 520 g/mol. The zero-order valence-corrected chi connectivity index (χ0v) is 23.8. The van der Waals surface area contributed by atoms with E-state index in [1.165, 1.54) is 0 Å². The number of guanidine groups is 1. The fourth-order valence-corrected chi connectivity index (χ4v) is 4.29. The minimum absolute atomic E-state index is 0.00447. The number of carbonyl (C=O) groups is 3. The van der Waals surface area contributed by atoms with Crippen LogP contribution in [0.25, 0.3) is 11.1 Å². The van der Waals surface area contributed by atoms with Crippen LogP contribution >= 0.6 is 0 Å². The van der Waals surface area contributed by atoms with Gasteiger partial charge in [-0.1, -0.05) is 54.6 Å². The Morgan fingerprint density at radius 3 is 1.88 bits per heavy atom. The number of hydrogen-bond acceptors (Lipinski definition) is 6. The summed E-state index contributed by atoms with van der Waals surface area (Å²) in [5.74, 6) is -0.974. The molecule has 0 bridgehead atoms. The summed E-state index contributed by atoms with van der Waals surface area (Å²) < 4.78 is 0. The lowest BCUT2D eigenvalue weighted by molar-refractivity contribution is -0.132. The van der Waals surface area contributed by atoms with Crippen molar-refractivity contribution in [1.29, 1.82) is 0 Å². The van der Waals surface area contributed by atoms with Gasteiger partial charge in [-0.15, -0.1) is 0 Å². The van der Waals surface area contributed by atoms with Crippen molar-refractivity contribution >= 4 is 23.7 Å². The topological polar surface area (TPSA) is 204 Å². The highest BCUT2D eigenvalue weighted by Gasteiger charge is 2.26. The van der Waals surface area contributed by atoms with Gasteiger partial charge in [0.05, 0.1) is 6.42 Å². The molecule has 0 aromatic heterocycles. The number of nitrogens with one attached hydrogen (secondary N) is 3. The third kappa shape index (κ3) is 13.3. The van der Waals surface area contributed by atoms with Crippen LogP contribution in [0, 0.1) is 0 Å². The van der Waals surface area contributed by atoms with E-state index >= 15 is 0 Å². The van der Waals surface area contributed by atoms with Gasteiger partial charge >= 0.3 is 0 Å². The van der Waals surface area contributed by atoms with Gasteiger partial charge in [-0.2, -0.15) is 0 Å². The van der Waals surface area contributed by atoms with Gasteiger partial charge in [0.1, 0.15) is 12.1 Å². The average Bonchev–Trinajstić information content (AvgIpc) is 2.96. The molecule has 41 heavy (non-hydrogen) atoms. The summed E-state index contributed by atoms with van der Waals surface area (Å²) >= 11 is 0. The lowest BCUT2D eigenvalue weighted by Gasteiger charge is -2.23. The Kier molecular flexibility index (Phi) is 15.5. The number of amides is 3. The lowest BCUT2D eigenvalue weighted by atomic mass is 10.0. The Hall–Kier alpha value is -3.96. The van der Waals surface area contributed by atoms with Gasteiger partial charge in [0.15, 0.2) is 5.96 Å². The Labute approximate surface area is 242 Å². The number of nitrogens with zero attached hydrogens (tertiary/aromatic N) is 1. The molecule has 0 unspecified atom stereocenters. The van der Waals surface area contributed by atoms with Crippen molar-refractivity contribution in [2.24, 2.45) is 27.9 Å². The Balaban J connectivity index is 2.01. The van der Waals surface area contributed by atoms with Crippen LogP contribution in [-0.2, 0) is 20.8 Å². The van der Waals surface area contributed by atoms with E-state index in [1.807, 2.05) is 54.6 Å². The summed E-state index contributed by atoms with van der Waals surface area (Å²) in [6.45, 7) is 1.72. The molecule has 0 heterocycles. The smallest absolute Gasteiger partial charge is 0.243 e. The standard InChI is InChI=1S/C30H46N8O3/c31-17-6-4-11-25(28(40)35-19-8-20-36-30(33)34)38-29(41)26(12-5-7-18-32)37-27(39)21-22-13-15-24(16-14-22)23-9-2-1-3-10-23/h1-3,9-10,13-16,25-26H,4-8,11-12,17-21,31-32H2,(H,35,40)(H,37,39)(H,38,41)(H4,33,34,36)/t25-,26-/m0/s1. The molecule has 11 N–H and O–H groups in total. The van der Waals surface area contributed by atoms with Crippen LogP contribution in [0.5, 0.6) is 0 Å². The SMILES string of the molecule is NCCCC[C@H](NC(=O)Cc1ccc(-c2ccccc2)cc1)C(=O)N[C@@H](CCCCN)C(=O)NCCCN=C(N)N. The first-order valence-corrected chi connectivity index (χ1v) is 14.3. The van der Waals surface area contributed by atoms with Crippen molar-refractivity contribution in [3.8, 4) is 11.1 Å². The molecule has 0 saturated carbocycles. The summed E-state index contributed by atoms with van der Waals surface area (Å²) in [5, 5.41) is 8.55. The molecule has 0 fully saturated rings. The molecule has 0 radical (unpaired) electrons. The van der Waals surface area contributed by atoms with Crippen LogP contribution in [0.15, 0.2) is 59.6 Å². The summed E-state index contributed by atoms with van der Waals surface area (Å²) in [4.78, 5) is 43.1. The second-order valence-electron chi connectivity index (χ2n) is 9.94. The van der Waals surface area contributed by atoms with E-state index in [1.54, 1.807) is 0 Å². The number of carbonyl (C=O) groups excluding carboxylic acids is 3. The number of nitrogens with two attached hydrogens (primary N) is 4. The monoisotopic (exact) mass is 566 g/mol. The Morgan fingerprint density at radius 1 is 0.707 bits per heavy atom. The van der Waals surface area contributed by atoms with Gasteiger partial charge in [0.25, 0.3) is 0 Å². The summed E-state index contributed by atoms with van der Waals surface area (Å²) in [6, 6.07) is 16.2. The average molecular weight is 567 g/mol. The molecule has 11 heteroatoms. The fourth-order valence-electron chi connectivity index (χ4n) is 4.29. The molecule has 2 atom stereocenters. The quantitative estimate of drug-likeness (QED) is 0.0743. The first-order chi connectivity index (χ1) is 19.8. The molecule has 2 aromatic carbocycles. The maximum absolute atomic E-state index is 13.3. The zero-order valence-electron chi connectivity index (χ0n) is 23.8. The van der Waals surface area contributed by atoms with Gasteiger partial charge in [-0.05, 0) is 74.7 Å². The van der Waals surface area contributed by atoms with E-state index in [0.717, 1.165) is 29.5 Å². The summed E-state index contributed by atoms with van der Waals surface area (Å²) in [7, 11) is 0. The molecule has 0 aliphatic carbocycles. The van der Waals surface area contributed by atoms with E-state index in [9.17, 15) is 14.4 Å². The molecule has 224 valence electrons. The highest BCUT2D eigenvalue weighted by molar-refractivity contribution is 5.92. The van der Waals surface area contributed by atoms with Crippen molar-refractivity contribution in [3.05, 3.63) is 60.2 Å². The van der Waals surface area contributed by atoms with Crippen LogP contribution in [0.1, 0.15) is 50.5 Å². The second-order valence-corrected chi connectivity index (χ2v) is 9.94. The Morgan fingerprint density at radius 2 is 1.29 bits per heavy atom. The first kappa shape index (κ1) is 33.2. The van der Waals surface area contributed by atoms with E-state index in [0.29, 0.717) is 58.3 Å². The molecule has 2 rings (SSSR count). The molecule has 0 spiro atoms. The fraction of sp³-hybridized carbons (Fsp3) is 0.467. The van der Waals surface area contributed by atoms with Crippen LogP contribution < -0.4 is 38.9 Å². The molecule has 2 aromatic rings. The number of rotatable bonds is 19. The molecule has 0 saturated heterocycles. The zero-order chi connectivity index (χ0) is 29.9. The van der Waals surface area contributed by atoms with Crippen LogP contribution in [-0.4, -0.2) is 61.9 Å². The first-order valence-electron chi connectivity index (χ1n) is 14.3. The minimum Gasteiger partial charge on any atom is -0.370 e. The molecule has 3 amide bonds. The van der Waals surface area contributed by atoms with Crippen molar-refractivity contribution < 1.29 is 14.4 Å². The number of unbranched alkanes of at least 4 members (excludes halogenated alkanes) is 2. The number of benzene rings is 2. The number of hydrogen-bond donors (Lipinski definition) is 7. The van der Waals surface area contributed by atoms with E-state index in [4.69, 9.17) is 22.9 Å². The van der Waals surface area contributed by atoms with E-state index in [2.05, 4.69) is 20.9 Å². The van der Waals surface area contributed by atoms with E-state index < -0.39 is 18.0 Å². The maximum Gasteiger partial charge on any atom is 0.243 e. The summed E-state index contributed by atoms with van der Waals surface area (Å²) in [5.41, 5.74) is 24.9. The third-order valence-corrected chi connectivity index (χ3v) is 6.53. The van der Waals surface area contributed by atoms with E-state index in [-0.39, 0.29) is 24.2 Å². The molecule has 11 nitrogen and oxygen atoms in total. The van der Waals surface area contributed by atoms with Gasteiger partial charge in [-0.3, -0.25) is 19.4 Å². The van der Waals surface area contributed by atoms with Gasteiger partial charge in [0, 0.05) is 13.1 Å². The van der Waals surface area contributed by atoms with Gasteiger partial charge in [0.2, 0.25) is 17.7 Å². The lowest BCUT2D eigenvalue weighted by Crippen LogP contribution is -2.54. The maximum atomic E-state index is 13.3. The van der Waals surface area contributed by atoms with Crippen molar-refractivity contribution in [3.63, 3.8) is 0 Å². The van der Waals surface area contributed by atoms with Crippen molar-refractivity contribution in [1.82, 2.24) is 16.0 Å². The normalized spacial score (nSPS) is 12.1. The van der Waals surface area contributed by atoms with Crippen LogP contribution in [0.3, 0.4) is 0 Å². The second kappa shape index (κ2) is 19.2. The highest BCUT2D eigenvalue weighted by atomic mass is 16.2. The minimum atomic E-state index is -0.788. The molecular formula is C30H46N8O3. The summed E-state index contributed by atoms with van der Waals surface area (Å²) in [6.07, 6.45) is 4.31. The third-order valence-electron chi connectivity index (χ3n) is 6.53. The van der Waals surface area contributed by atoms with Gasteiger partial charge < -0.3 is 38.9 Å².